The number of carbonyl (C=O) groups is 1. The van der Waals surface area contributed by atoms with Gasteiger partial charge in [0.15, 0.2) is 0 Å². The van der Waals surface area contributed by atoms with E-state index in [9.17, 15) is 13.2 Å². The van der Waals surface area contributed by atoms with Gasteiger partial charge in [-0.1, -0.05) is 32.0 Å². The molecule has 5 nitrogen and oxygen atoms in total. The van der Waals surface area contributed by atoms with Crippen LogP contribution in [-0.2, 0) is 10.0 Å². The number of piperidine rings is 1. The summed E-state index contributed by atoms with van der Waals surface area (Å²) in [7, 11) is -3.72. The van der Waals surface area contributed by atoms with Gasteiger partial charge in [-0.3, -0.25) is 9.10 Å². The van der Waals surface area contributed by atoms with Crippen molar-refractivity contribution in [1.29, 1.82) is 0 Å². The lowest BCUT2D eigenvalue weighted by Gasteiger charge is -2.28. The second kappa shape index (κ2) is 8.27. The Bertz CT molecular complexity index is 1030. The Labute approximate surface area is 183 Å². The zero-order valence-electron chi connectivity index (χ0n) is 17.5. The number of likely N-dealkylation sites (tertiary alicyclic amines) is 1. The van der Waals surface area contributed by atoms with E-state index in [4.69, 9.17) is 0 Å². The van der Waals surface area contributed by atoms with Gasteiger partial charge >= 0.3 is 0 Å². The molecule has 0 N–H and O–H groups in total. The van der Waals surface area contributed by atoms with E-state index < -0.39 is 10.0 Å². The minimum Gasteiger partial charge on any atom is -0.339 e. The normalized spacial score (nSPS) is 19.1. The summed E-state index contributed by atoms with van der Waals surface area (Å²) in [6.07, 6.45) is 3.92. The summed E-state index contributed by atoms with van der Waals surface area (Å²) >= 11 is 1.68. The fourth-order valence-corrected chi connectivity index (χ4v) is 6.77. The monoisotopic (exact) mass is 444 g/mol. The van der Waals surface area contributed by atoms with Gasteiger partial charge in [0.2, 0.25) is 0 Å². The maximum absolute atomic E-state index is 13.5. The molecule has 0 unspecified atom stereocenters. The van der Waals surface area contributed by atoms with Crippen LogP contribution in [-0.4, -0.2) is 43.6 Å². The third-order valence-corrected chi connectivity index (χ3v) is 8.90. The predicted molar refractivity (Wildman–Crippen MR) is 122 cm³/mol. The zero-order valence-corrected chi connectivity index (χ0v) is 19.1. The minimum absolute atomic E-state index is 0.0110. The molecule has 2 aromatic rings. The highest BCUT2D eigenvalue weighted by molar-refractivity contribution is 8.01. The van der Waals surface area contributed by atoms with Gasteiger partial charge in [-0.05, 0) is 56.0 Å². The van der Waals surface area contributed by atoms with Gasteiger partial charge < -0.3 is 4.90 Å². The number of hydrogen-bond acceptors (Lipinski definition) is 4. The van der Waals surface area contributed by atoms with E-state index in [1.54, 1.807) is 42.1 Å². The van der Waals surface area contributed by atoms with Gasteiger partial charge in [0.25, 0.3) is 15.9 Å². The highest BCUT2D eigenvalue weighted by Crippen LogP contribution is 2.45. The minimum atomic E-state index is -3.72. The molecule has 0 aromatic heterocycles. The highest BCUT2D eigenvalue weighted by Gasteiger charge is 2.34. The number of thioether (sulfide) groups is 1. The second-order valence-corrected chi connectivity index (χ2v) is 12.1. The Morgan fingerprint density at radius 2 is 1.67 bits per heavy atom. The van der Waals surface area contributed by atoms with Crippen LogP contribution in [0.25, 0.3) is 0 Å². The molecule has 0 radical (unpaired) electrons. The summed E-state index contributed by atoms with van der Waals surface area (Å²) in [6.45, 7) is 6.18. The highest BCUT2D eigenvalue weighted by atomic mass is 32.2. The molecular formula is C23H28N2O3S2. The molecule has 0 atom stereocenters. The van der Waals surface area contributed by atoms with E-state index in [2.05, 4.69) is 13.8 Å². The fraction of sp³-hybridized carbons (Fsp3) is 0.435. The lowest BCUT2D eigenvalue weighted by molar-refractivity contribution is 0.0724. The number of rotatable bonds is 3. The van der Waals surface area contributed by atoms with Gasteiger partial charge in [-0.15, -0.1) is 11.8 Å². The number of amides is 1. The van der Waals surface area contributed by atoms with Crippen molar-refractivity contribution in [2.45, 2.75) is 54.1 Å². The number of fused-ring (bicyclic) bond motifs is 1. The number of anilines is 1. The maximum Gasteiger partial charge on any atom is 0.264 e. The summed E-state index contributed by atoms with van der Waals surface area (Å²) in [4.78, 5) is 16.1. The molecule has 0 saturated carbocycles. The Morgan fingerprint density at radius 1 is 0.967 bits per heavy atom. The molecule has 2 aromatic carbocycles. The van der Waals surface area contributed by atoms with E-state index in [-0.39, 0.29) is 15.5 Å². The Morgan fingerprint density at radius 3 is 2.37 bits per heavy atom. The standard InChI is InChI=1S/C23H28N2O3S2/c1-23(2)13-16-25(30(27,28)19-9-5-3-6-10-19)20-17-18(11-12-21(20)29-23)22(26)24-14-7-4-8-15-24/h3,5-6,9-12,17H,4,7-8,13-16H2,1-2H3. The molecule has 2 heterocycles. The van der Waals surface area contributed by atoms with Gasteiger partial charge in [0, 0.05) is 34.8 Å². The van der Waals surface area contributed by atoms with E-state index in [0.29, 0.717) is 24.2 Å². The summed E-state index contributed by atoms with van der Waals surface area (Å²) < 4.78 is 28.4. The molecule has 0 aliphatic carbocycles. The molecule has 2 aliphatic heterocycles. The van der Waals surface area contributed by atoms with Crippen LogP contribution in [0.2, 0.25) is 0 Å². The molecule has 160 valence electrons. The van der Waals surface area contributed by atoms with Crippen LogP contribution in [0.4, 0.5) is 5.69 Å². The molecule has 0 bridgehead atoms. The van der Waals surface area contributed by atoms with Crippen molar-refractivity contribution in [2.24, 2.45) is 0 Å². The molecule has 1 fully saturated rings. The molecule has 30 heavy (non-hydrogen) atoms. The van der Waals surface area contributed by atoms with Crippen LogP contribution in [0.5, 0.6) is 0 Å². The van der Waals surface area contributed by atoms with Crippen molar-refractivity contribution < 1.29 is 13.2 Å². The predicted octanol–water partition coefficient (Wildman–Crippen LogP) is 4.78. The van der Waals surface area contributed by atoms with Crippen LogP contribution >= 0.6 is 11.8 Å². The summed E-state index contributed by atoms with van der Waals surface area (Å²) in [6, 6.07) is 14.1. The summed E-state index contributed by atoms with van der Waals surface area (Å²) in [5.41, 5.74) is 1.17. The largest absolute Gasteiger partial charge is 0.339 e. The Balaban J connectivity index is 1.78. The molecule has 1 amide bonds. The lowest BCUT2D eigenvalue weighted by Crippen LogP contribution is -2.36. The quantitative estimate of drug-likeness (QED) is 0.683. The third-order valence-electron chi connectivity index (χ3n) is 5.75. The van der Waals surface area contributed by atoms with Gasteiger partial charge in [-0.25, -0.2) is 8.42 Å². The Kier molecular flexibility index (Phi) is 5.86. The van der Waals surface area contributed by atoms with E-state index in [1.165, 1.54) is 4.31 Å². The number of carbonyl (C=O) groups excluding carboxylic acids is 1. The zero-order chi connectivity index (χ0) is 21.4. The number of nitrogens with zero attached hydrogens (tertiary/aromatic N) is 2. The average molecular weight is 445 g/mol. The second-order valence-electron chi connectivity index (χ2n) is 8.54. The van der Waals surface area contributed by atoms with Gasteiger partial charge in [-0.2, -0.15) is 0 Å². The van der Waals surface area contributed by atoms with Gasteiger partial charge in [0.1, 0.15) is 0 Å². The first-order chi connectivity index (χ1) is 14.3. The van der Waals surface area contributed by atoms with Crippen molar-refractivity contribution in [1.82, 2.24) is 4.90 Å². The van der Waals surface area contributed by atoms with E-state index in [0.717, 1.165) is 37.2 Å². The van der Waals surface area contributed by atoms with Crippen LogP contribution in [0, 0.1) is 0 Å². The number of benzene rings is 2. The third kappa shape index (κ3) is 4.23. The fourth-order valence-electron chi connectivity index (χ4n) is 4.02. The first-order valence-electron chi connectivity index (χ1n) is 10.5. The van der Waals surface area contributed by atoms with Crippen molar-refractivity contribution >= 4 is 33.4 Å². The summed E-state index contributed by atoms with van der Waals surface area (Å²) in [5.74, 6) is -0.0110. The molecule has 2 aliphatic rings. The lowest BCUT2D eigenvalue weighted by atomic mass is 10.1. The van der Waals surface area contributed by atoms with Crippen molar-refractivity contribution in [2.75, 3.05) is 23.9 Å². The van der Waals surface area contributed by atoms with Crippen LogP contribution in [0.15, 0.2) is 58.3 Å². The first kappa shape index (κ1) is 21.2. The first-order valence-corrected chi connectivity index (χ1v) is 12.7. The smallest absolute Gasteiger partial charge is 0.264 e. The molecule has 1 saturated heterocycles. The number of hydrogen-bond donors (Lipinski definition) is 0. The SMILES string of the molecule is CC1(C)CCN(S(=O)(=O)c2ccccc2)c2cc(C(=O)N3CCCCC3)ccc2S1. The van der Waals surface area contributed by atoms with Crippen LogP contribution < -0.4 is 4.31 Å². The van der Waals surface area contributed by atoms with E-state index >= 15 is 0 Å². The molecule has 4 rings (SSSR count). The van der Waals surface area contributed by atoms with Crippen molar-refractivity contribution in [3.05, 3.63) is 54.1 Å². The topological polar surface area (TPSA) is 57.7 Å². The van der Waals surface area contributed by atoms with E-state index in [1.807, 2.05) is 23.1 Å². The van der Waals surface area contributed by atoms with Crippen molar-refractivity contribution in [3.8, 4) is 0 Å². The van der Waals surface area contributed by atoms with Crippen molar-refractivity contribution in [3.63, 3.8) is 0 Å². The van der Waals surface area contributed by atoms with Gasteiger partial charge in [0.05, 0.1) is 10.6 Å². The molecule has 0 spiro atoms. The number of sulfonamides is 1. The Hall–Kier alpha value is -1.99. The molecule has 7 heteroatoms. The summed E-state index contributed by atoms with van der Waals surface area (Å²) in [5, 5.41) is 0. The van der Waals surface area contributed by atoms with Crippen LogP contribution in [0.1, 0.15) is 49.9 Å². The maximum atomic E-state index is 13.5. The average Bonchev–Trinajstić information content (AvgIpc) is 2.89. The van der Waals surface area contributed by atoms with Crippen LogP contribution in [0.3, 0.4) is 0 Å². The molecular weight excluding hydrogens is 416 g/mol.